The first-order valence-corrected chi connectivity index (χ1v) is 4.55. The molecule has 0 aliphatic heterocycles. The van der Waals surface area contributed by atoms with Gasteiger partial charge < -0.3 is 11.1 Å². The maximum atomic E-state index is 6.03. The van der Waals surface area contributed by atoms with Crippen molar-refractivity contribution in [1.82, 2.24) is 4.98 Å². The fraction of sp³-hybridized carbons (Fsp3) is 0.500. The molecule has 0 amide bonds. The normalized spacial score (nSPS) is 13.0. The molecule has 1 rings (SSSR count). The minimum Gasteiger partial charge on any atom is -0.373 e. The van der Waals surface area contributed by atoms with E-state index in [0.29, 0.717) is 5.92 Å². The van der Waals surface area contributed by atoms with E-state index in [1.165, 1.54) is 0 Å². The molecule has 1 atom stereocenters. The molecule has 0 saturated carbocycles. The predicted molar refractivity (Wildman–Crippen MR) is 55.6 cm³/mol. The van der Waals surface area contributed by atoms with Gasteiger partial charge in [0.2, 0.25) is 0 Å². The number of hydrogen-bond acceptors (Lipinski definition) is 3. The SMILES string of the molecule is CNc1ncccc1[C@H](N)C(C)C. The van der Waals surface area contributed by atoms with E-state index < -0.39 is 0 Å². The molecule has 1 aromatic heterocycles. The minimum atomic E-state index is 0.0520. The van der Waals surface area contributed by atoms with Crippen LogP contribution in [0.25, 0.3) is 0 Å². The summed E-state index contributed by atoms with van der Waals surface area (Å²) in [5.74, 6) is 1.31. The molecule has 72 valence electrons. The van der Waals surface area contributed by atoms with Crippen molar-refractivity contribution in [2.45, 2.75) is 19.9 Å². The van der Waals surface area contributed by atoms with E-state index in [9.17, 15) is 0 Å². The summed E-state index contributed by atoms with van der Waals surface area (Å²) in [6, 6.07) is 3.98. The number of nitrogens with zero attached hydrogens (tertiary/aromatic N) is 1. The zero-order valence-corrected chi connectivity index (χ0v) is 8.41. The van der Waals surface area contributed by atoms with E-state index >= 15 is 0 Å². The average molecular weight is 179 g/mol. The minimum absolute atomic E-state index is 0.0520. The summed E-state index contributed by atoms with van der Waals surface area (Å²) >= 11 is 0. The van der Waals surface area contributed by atoms with Crippen LogP contribution in [0.5, 0.6) is 0 Å². The van der Waals surface area contributed by atoms with E-state index in [-0.39, 0.29) is 6.04 Å². The second-order valence-electron chi connectivity index (χ2n) is 3.46. The highest BCUT2D eigenvalue weighted by Crippen LogP contribution is 2.23. The van der Waals surface area contributed by atoms with Crippen molar-refractivity contribution < 1.29 is 0 Å². The van der Waals surface area contributed by atoms with Gasteiger partial charge in [-0.25, -0.2) is 4.98 Å². The lowest BCUT2D eigenvalue weighted by atomic mass is 9.98. The molecule has 0 radical (unpaired) electrons. The molecule has 0 saturated heterocycles. The van der Waals surface area contributed by atoms with Crippen LogP contribution in [-0.4, -0.2) is 12.0 Å². The van der Waals surface area contributed by atoms with Gasteiger partial charge in [0.15, 0.2) is 0 Å². The number of anilines is 1. The molecule has 0 bridgehead atoms. The van der Waals surface area contributed by atoms with Gasteiger partial charge in [-0.3, -0.25) is 0 Å². The molecule has 13 heavy (non-hydrogen) atoms. The molecule has 3 nitrogen and oxygen atoms in total. The molecular weight excluding hydrogens is 162 g/mol. The third-order valence-corrected chi connectivity index (χ3v) is 2.15. The Morgan fingerprint density at radius 3 is 2.69 bits per heavy atom. The second kappa shape index (κ2) is 4.23. The van der Waals surface area contributed by atoms with E-state index in [2.05, 4.69) is 24.1 Å². The lowest BCUT2D eigenvalue weighted by Gasteiger charge is -2.18. The molecule has 0 fully saturated rings. The van der Waals surface area contributed by atoms with Gasteiger partial charge in [-0.1, -0.05) is 19.9 Å². The van der Waals surface area contributed by atoms with Crippen LogP contribution < -0.4 is 11.1 Å². The highest BCUT2D eigenvalue weighted by atomic mass is 15.0. The first kappa shape index (κ1) is 9.99. The number of nitrogens with one attached hydrogen (secondary N) is 1. The Bertz CT molecular complexity index is 271. The largest absolute Gasteiger partial charge is 0.373 e. The Labute approximate surface area is 79.4 Å². The standard InChI is InChI=1S/C10H17N3/c1-7(2)9(11)8-5-4-6-13-10(8)12-3/h4-7,9H,11H2,1-3H3,(H,12,13)/t9-/m1/s1. The maximum Gasteiger partial charge on any atom is 0.130 e. The van der Waals surface area contributed by atoms with E-state index in [0.717, 1.165) is 11.4 Å². The summed E-state index contributed by atoms with van der Waals surface area (Å²) in [6.45, 7) is 4.22. The summed E-state index contributed by atoms with van der Waals surface area (Å²) in [5, 5.41) is 3.04. The van der Waals surface area contributed by atoms with Gasteiger partial charge in [-0.15, -0.1) is 0 Å². The molecule has 1 aromatic rings. The molecule has 3 N–H and O–H groups in total. The molecule has 0 spiro atoms. The second-order valence-corrected chi connectivity index (χ2v) is 3.46. The van der Waals surface area contributed by atoms with Crippen LogP contribution in [0.3, 0.4) is 0 Å². The summed E-state index contributed by atoms with van der Waals surface area (Å²) in [6.07, 6.45) is 1.77. The number of aromatic nitrogens is 1. The lowest BCUT2D eigenvalue weighted by Crippen LogP contribution is -2.18. The van der Waals surface area contributed by atoms with Gasteiger partial charge >= 0.3 is 0 Å². The molecule has 1 heterocycles. The fourth-order valence-corrected chi connectivity index (χ4v) is 1.25. The fourth-order valence-electron chi connectivity index (χ4n) is 1.25. The molecule has 0 aromatic carbocycles. The molecular formula is C10H17N3. The monoisotopic (exact) mass is 179 g/mol. The van der Waals surface area contributed by atoms with Crippen LogP contribution in [0.2, 0.25) is 0 Å². The first-order valence-electron chi connectivity index (χ1n) is 4.55. The lowest BCUT2D eigenvalue weighted by molar-refractivity contribution is 0.514. The van der Waals surface area contributed by atoms with Crippen LogP contribution in [0.1, 0.15) is 25.5 Å². The molecule has 0 unspecified atom stereocenters. The van der Waals surface area contributed by atoms with Crippen molar-refractivity contribution in [2.24, 2.45) is 11.7 Å². The highest BCUT2D eigenvalue weighted by Gasteiger charge is 2.13. The van der Waals surface area contributed by atoms with E-state index in [1.807, 2.05) is 19.2 Å². The molecule has 0 aliphatic carbocycles. The third kappa shape index (κ3) is 2.18. The van der Waals surface area contributed by atoms with Crippen molar-refractivity contribution in [3.05, 3.63) is 23.9 Å². The number of rotatable bonds is 3. The van der Waals surface area contributed by atoms with Gasteiger partial charge in [0.1, 0.15) is 5.82 Å². The quantitative estimate of drug-likeness (QED) is 0.743. The Kier molecular flexibility index (Phi) is 3.25. The Balaban J connectivity index is 2.98. The van der Waals surface area contributed by atoms with Crippen molar-refractivity contribution in [3.63, 3.8) is 0 Å². The number of pyridine rings is 1. The van der Waals surface area contributed by atoms with Crippen LogP contribution in [0.15, 0.2) is 18.3 Å². The van der Waals surface area contributed by atoms with Gasteiger partial charge in [0, 0.05) is 24.8 Å². The van der Waals surface area contributed by atoms with Gasteiger partial charge in [0.05, 0.1) is 0 Å². The zero-order chi connectivity index (χ0) is 9.84. The summed E-state index contributed by atoms with van der Waals surface area (Å²) < 4.78 is 0. The smallest absolute Gasteiger partial charge is 0.130 e. The Morgan fingerprint density at radius 2 is 2.15 bits per heavy atom. The average Bonchev–Trinajstić information content (AvgIpc) is 2.16. The van der Waals surface area contributed by atoms with Gasteiger partial charge in [-0.05, 0) is 12.0 Å². The Hall–Kier alpha value is -1.09. The predicted octanol–water partition coefficient (Wildman–Crippen LogP) is 1.78. The molecule has 0 aliphatic rings. The van der Waals surface area contributed by atoms with Crippen molar-refractivity contribution in [2.75, 3.05) is 12.4 Å². The summed E-state index contributed by atoms with van der Waals surface area (Å²) in [7, 11) is 1.86. The highest BCUT2D eigenvalue weighted by molar-refractivity contribution is 5.44. The van der Waals surface area contributed by atoms with Crippen LogP contribution in [0.4, 0.5) is 5.82 Å². The summed E-state index contributed by atoms with van der Waals surface area (Å²) in [4.78, 5) is 4.21. The first-order chi connectivity index (χ1) is 6.16. The van der Waals surface area contributed by atoms with Crippen LogP contribution >= 0.6 is 0 Å². The maximum absolute atomic E-state index is 6.03. The van der Waals surface area contributed by atoms with Gasteiger partial charge in [-0.2, -0.15) is 0 Å². The van der Waals surface area contributed by atoms with E-state index in [4.69, 9.17) is 5.73 Å². The zero-order valence-electron chi connectivity index (χ0n) is 8.41. The topological polar surface area (TPSA) is 50.9 Å². The van der Waals surface area contributed by atoms with E-state index in [1.54, 1.807) is 6.20 Å². The number of hydrogen-bond donors (Lipinski definition) is 2. The summed E-state index contributed by atoms with van der Waals surface area (Å²) in [5.41, 5.74) is 7.12. The Morgan fingerprint density at radius 1 is 1.46 bits per heavy atom. The van der Waals surface area contributed by atoms with Crippen molar-refractivity contribution in [3.8, 4) is 0 Å². The van der Waals surface area contributed by atoms with Gasteiger partial charge in [0.25, 0.3) is 0 Å². The number of nitrogens with two attached hydrogens (primary N) is 1. The van der Waals surface area contributed by atoms with Crippen molar-refractivity contribution >= 4 is 5.82 Å². The third-order valence-electron chi connectivity index (χ3n) is 2.15. The van der Waals surface area contributed by atoms with Crippen LogP contribution in [-0.2, 0) is 0 Å². The molecule has 3 heteroatoms. The van der Waals surface area contributed by atoms with Crippen molar-refractivity contribution in [1.29, 1.82) is 0 Å². The van der Waals surface area contributed by atoms with Crippen LogP contribution in [0, 0.1) is 5.92 Å².